The second-order valence-electron chi connectivity index (χ2n) is 6.91. The lowest BCUT2D eigenvalue weighted by Gasteiger charge is -2.21. The monoisotopic (exact) mass is 369 g/mol. The van der Waals surface area contributed by atoms with Crippen molar-refractivity contribution in [3.63, 3.8) is 0 Å². The number of fused-ring (bicyclic) bond motifs is 2. The number of rotatable bonds is 3. The molecule has 1 aliphatic carbocycles. The number of ether oxygens (including phenoxy) is 1. The van der Waals surface area contributed by atoms with Crippen LogP contribution >= 0.6 is 0 Å². The molecule has 0 unspecified atom stereocenters. The van der Waals surface area contributed by atoms with E-state index in [1.807, 2.05) is 60.7 Å². The minimum atomic E-state index is 0.503. The summed E-state index contributed by atoms with van der Waals surface area (Å²) < 4.78 is 6.01. The molecular weight excluding hydrogens is 350 g/mol. The second kappa shape index (κ2) is 6.94. The van der Waals surface area contributed by atoms with Gasteiger partial charge in [0.15, 0.2) is 0 Å². The van der Waals surface area contributed by atoms with E-state index in [0.29, 0.717) is 11.6 Å². The Morgan fingerprint density at radius 3 is 2.54 bits per heavy atom. The standard InChI is InChI=1S/C23H19N3O2/c27-26-21(15-5-3-6-15)16-10-12-17(13-11-16)22-18-7-1-2-9-20(18)28-23-19(25-22)8-4-14-24-23/h1-2,4,7-14,26-27H,3,5-6H2. The molecule has 0 amide bonds. The summed E-state index contributed by atoms with van der Waals surface area (Å²) in [5, 5.41) is 9.55. The number of aliphatic imine (C=N–C) groups is 1. The lowest BCUT2D eigenvalue weighted by molar-refractivity contribution is 0.222. The highest BCUT2D eigenvalue weighted by molar-refractivity contribution is 6.16. The molecule has 1 aromatic heterocycles. The van der Waals surface area contributed by atoms with Gasteiger partial charge < -0.3 is 4.74 Å². The maximum absolute atomic E-state index is 9.55. The van der Waals surface area contributed by atoms with Crippen molar-refractivity contribution < 1.29 is 9.94 Å². The number of pyridine rings is 1. The van der Waals surface area contributed by atoms with E-state index in [1.54, 1.807) is 6.20 Å². The zero-order valence-corrected chi connectivity index (χ0v) is 15.2. The van der Waals surface area contributed by atoms with Crippen LogP contribution in [0.2, 0.25) is 0 Å². The predicted octanol–water partition coefficient (Wildman–Crippen LogP) is 5.23. The van der Waals surface area contributed by atoms with Gasteiger partial charge in [-0.15, -0.1) is 0 Å². The Hall–Kier alpha value is -3.44. The number of hydrogen-bond donors (Lipinski definition) is 2. The van der Waals surface area contributed by atoms with Crippen molar-refractivity contribution in [1.29, 1.82) is 0 Å². The smallest absolute Gasteiger partial charge is 0.245 e. The van der Waals surface area contributed by atoms with Gasteiger partial charge in [-0.1, -0.05) is 36.4 Å². The first-order valence-electron chi connectivity index (χ1n) is 9.37. The van der Waals surface area contributed by atoms with Crippen LogP contribution in [-0.4, -0.2) is 15.9 Å². The number of para-hydroxylation sites is 1. The van der Waals surface area contributed by atoms with E-state index in [0.717, 1.165) is 46.7 Å². The largest absolute Gasteiger partial charge is 0.436 e. The van der Waals surface area contributed by atoms with Gasteiger partial charge in [0.05, 0.1) is 11.4 Å². The SMILES string of the molecule is ONC(=C1CCC1)c1ccc(C2=Nc3cccnc3Oc3ccccc32)cc1. The predicted molar refractivity (Wildman–Crippen MR) is 108 cm³/mol. The van der Waals surface area contributed by atoms with Crippen molar-refractivity contribution in [1.82, 2.24) is 10.5 Å². The fourth-order valence-electron chi connectivity index (χ4n) is 3.55. The van der Waals surface area contributed by atoms with Crippen molar-refractivity contribution in [3.8, 4) is 11.6 Å². The first kappa shape index (κ1) is 16.7. The molecule has 0 bridgehead atoms. The molecule has 5 rings (SSSR count). The molecule has 5 nitrogen and oxygen atoms in total. The summed E-state index contributed by atoms with van der Waals surface area (Å²) in [6.07, 6.45) is 4.95. The van der Waals surface area contributed by atoms with Crippen LogP contribution in [0.1, 0.15) is 36.0 Å². The van der Waals surface area contributed by atoms with Gasteiger partial charge in [-0.3, -0.25) is 10.7 Å². The Kier molecular flexibility index (Phi) is 4.14. The lowest BCUT2D eigenvalue weighted by atomic mass is 9.88. The number of hydrogen-bond acceptors (Lipinski definition) is 5. The van der Waals surface area contributed by atoms with Gasteiger partial charge in [-0.2, -0.15) is 0 Å². The minimum absolute atomic E-state index is 0.503. The van der Waals surface area contributed by atoms with Gasteiger partial charge >= 0.3 is 0 Å². The van der Waals surface area contributed by atoms with Crippen LogP contribution in [0.4, 0.5) is 5.69 Å². The highest BCUT2D eigenvalue weighted by Crippen LogP contribution is 2.37. The van der Waals surface area contributed by atoms with E-state index in [1.165, 1.54) is 12.0 Å². The highest BCUT2D eigenvalue weighted by atomic mass is 16.5. The first-order valence-corrected chi connectivity index (χ1v) is 9.37. The van der Waals surface area contributed by atoms with Gasteiger partial charge in [-0.05, 0) is 54.7 Å². The van der Waals surface area contributed by atoms with E-state index in [2.05, 4.69) is 10.5 Å². The molecule has 2 heterocycles. The molecule has 138 valence electrons. The molecule has 1 fully saturated rings. The number of allylic oxidation sites excluding steroid dienone is 1. The topological polar surface area (TPSA) is 66.7 Å². The van der Waals surface area contributed by atoms with Gasteiger partial charge in [0, 0.05) is 17.3 Å². The average molecular weight is 369 g/mol. The molecule has 0 spiro atoms. The fraction of sp³-hybridized carbons (Fsp3) is 0.130. The van der Waals surface area contributed by atoms with E-state index in [9.17, 15) is 5.21 Å². The van der Waals surface area contributed by atoms with Crippen molar-refractivity contribution in [3.05, 3.63) is 89.1 Å². The highest BCUT2D eigenvalue weighted by Gasteiger charge is 2.20. The molecule has 28 heavy (non-hydrogen) atoms. The maximum Gasteiger partial charge on any atom is 0.245 e. The third kappa shape index (κ3) is 2.86. The quantitative estimate of drug-likeness (QED) is 0.485. The van der Waals surface area contributed by atoms with Crippen LogP contribution in [-0.2, 0) is 0 Å². The maximum atomic E-state index is 9.55. The van der Waals surface area contributed by atoms with E-state index in [-0.39, 0.29) is 0 Å². The van der Waals surface area contributed by atoms with Crippen molar-refractivity contribution in [2.45, 2.75) is 19.3 Å². The summed E-state index contributed by atoms with van der Waals surface area (Å²) in [6.45, 7) is 0. The van der Waals surface area contributed by atoms with Crippen LogP contribution in [0, 0.1) is 0 Å². The molecule has 0 radical (unpaired) electrons. The van der Waals surface area contributed by atoms with Crippen LogP contribution in [0.3, 0.4) is 0 Å². The van der Waals surface area contributed by atoms with Gasteiger partial charge in [0.2, 0.25) is 5.88 Å². The lowest BCUT2D eigenvalue weighted by Crippen LogP contribution is -2.13. The Bertz CT molecular complexity index is 1090. The molecule has 0 saturated heterocycles. The van der Waals surface area contributed by atoms with E-state index < -0.39 is 0 Å². The summed E-state index contributed by atoms with van der Waals surface area (Å²) >= 11 is 0. The van der Waals surface area contributed by atoms with Crippen molar-refractivity contribution in [2.75, 3.05) is 0 Å². The Balaban J connectivity index is 1.61. The van der Waals surface area contributed by atoms with Crippen LogP contribution < -0.4 is 10.2 Å². The summed E-state index contributed by atoms with van der Waals surface area (Å²) in [5.41, 5.74) is 8.88. The Morgan fingerprint density at radius 2 is 1.79 bits per heavy atom. The zero-order valence-electron chi connectivity index (χ0n) is 15.2. The van der Waals surface area contributed by atoms with Crippen LogP contribution in [0.25, 0.3) is 5.70 Å². The third-order valence-corrected chi connectivity index (χ3v) is 5.20. The Labute approximate surface area is 163 Å². The molecule has 1 saturated carbocycles. The van der Waals surface area contributed by atoms with Crippen molar-refractivity contribution in [2.24, 2.45) is 4.99 Å². The fourth-order valence-corrected chi connectivity index (χ4v) is 3.55. The van der Waals surface area contributed by atoms with Crippen LogP contribution in [0.5, 0.6) is 11.6 Å². The number of aromatic nitrogens is 1. The summed E-state index contributed by atoms with van der Waals surface area (Å²) in [7, 11) is 0. The molecule has 2 aliphatic rings. The summed E-state index contributed by atoms with van der Waals surface area (Å²) in [4.78, 5) is 9.18. The molecule has 0 atom stereocenters. The first-order chi connectivity index (χ1) is 13.8. The van der Waals surface area contributed by atoms with E-state index >= 15 is 0 Å². The third-order valence-electron chi connectivity index (χ3n) is 5.20. The Morgan fingerprint density at radius 1 is 0.964 bits per heavy atom. The second-order valence-corrected chi connectivity index (χ2v) is 6.91. The molecule has 2 N–H and O–H groups in total. The summed E-state index contributed by atoms with van der Waals surface area (Å²) in [5.74, 6) is 1.24. The zero-order chi connectivity index (χ0) is 18.9. The molecule has 5 heteroatoms. The molecule has 1 aliphatic heterocycles. The van der Waals surface area contributed by atoms with E-state index in [4.69, 9.17) is 9.73 Å². The number of benzene rings is 2. The average Bonchev–Trinajstić information content (AvgIpc) is 2.87. The van der Waals surface area contributed by atoms with Crippen molar-refractivity contribution >= 4 is 17.1 Å². The number of nitrogens with zero attached hydrogens (tertiary/aromatic N) is 2. The molecular formula is C23H19N3O2. The molecule has 3 aromatic rings. The van der Waals surface area contributed by atoms with Gasteiger partial charge in [-0.25, -0.2) is 9.98 Å². The summed E-state index contributed by atoms with van der Waals surface area (Å²) in [6, 6.07) is 19.7. The molecule has 2 aromatic carbocycles. The van der Waals surface area contributed by atoms with Gasteiger partial charge in [0.1, 0.15) is 11.4 Å². The number of hydroxylamine groups is 1. The number of nitrogens with one attached hydrogen (secondary N) is 1. The van der Waals surface area contributed by atoms with Gasteiger partial charge in [0.25, 0.3) is 0 Å². The normalized spacial score (nSPS) is 14.6. The van der Waals surface area contributed by atoms with Crippen LogP contribution in [0.15, 0.2) is 77.4 Å². The minimum Gasteiger partial charge on any atom is -0.436 e.